The molecule has 24 heavy (non-hydrogen) atoms. The van der Waals surface area contributed by atoms with Crippen molar-refractivity contribution in [3.05, 3.63) is 17.0 Å². The minimum atomic E-state index is -0.561. The molecule has 0 bridgehead atoms. The maximum atomic E-state index is 12.7. The lowest BCUT2D eigenvalue weighted by Gasteiger charge is -2.40. The summed E-state index contributed by atoms with van der Waals surface area (Å²) >= 11 is 0. The van der Waals surface area contributed by atoms with E-state index in [-0.39, 0.29) is 11.8 Å². The fourth-order valence-electron chi connectivity index (χ4n) is 4.84. The number of carbonyl (C=O) groups is 1. The van der Waals surface area contributed by atoms with Crippen molar-refractivity contribution in [1.82, 2.24) is 14.7 Å². The SMILES string of the molecule is CC[C@]1(O)CCC[C@H]2CN(C(=O)CCc3c(C)nn(C)c3C)C[C@H]21. The lowest BCUT2D eigenvalue weighted by Crippen LogP contribution is -2.44. The first-order valence-electron chi connectivity index (χ1n) is 9.35. The Morgan fingerprint density at radius 2 is 2.12 bits per heavy atom. The molecule has 2 aliphatic rings. The Bertz CT molecular complexity index is 624. The molecule has 1 saturated heterocycles. The molecule has 134 valence electrons. The molecule has 1 saturated carbocycles. The van der Waals surface area contributed by atoms with Crippen molar-refractivity contribution in [1.29, 1.82) is 0 Å². The summed E-state index contributed by atoms with van der Waals surface area (Å²) in [5.41, 5.74) is 2.82. The van der Waals surface area contributed by atoms with Crippen LogP contribution in [-0.4, -0.2) is 44.4 Å². The molecule has 0 radical (unpaired) electrons. The van der Waals surface area contributed by atoms with Crippen LogP contribution in [0.3, 0.4) is 0 Å². The lowest BCUT2D eigenvalue weighted by atomic mass is 9.69. The summed E-state index contributed by atoms with van der Waals surface area (Å²) in [7, 11) is 1.95. The third kappa shape index (κ3) is 2.99. The van der Waals surface area contributed by atoms with Gasteiger partial charge in [-0.3, -0.25) is 9.48 Å². The standard InChI is InChI=1S/C19H31N3O2/c1-5-19(24)10-6-7-15-11-22(12-17(15)19)18(23)9-8-16-13(2)20-21(4)14(16)3/h15,17,24H,5-12H2,1-4H3/t15-,17+,19-/m0/s1. The zero-order chi connectivity index (χ0) is 17.5. The van der Waals surface area contributed by atoms with E-state index < -0.39 is 5.60 Å². The van der Waals surface area contributed by atoms with Crippen molar-refractivity contribution < 1.29 is 9.90 Å². The van der Waals surface area contributed by atoms with Gasteiger partial charge in [-0.05, 0) is 51.0 Å². The van der Waals surface area contributed by atoms with Crippen LogP contribution in [-0.2, 0) is 18.3 Å². The van der Waals surface area contributed by atoms with E-state index in [1.165, 1.54) is 5.56 Å². The van der Waals surface area contributed by atoms with E-state index in [4.69, 9.17) is 0 Å². The van der Waals surface area contributed by atoms with Crippen LogP contribution in [0, 0.1) is 25.7 Å². The van der Waals surface area contributed by atoms with Gasteiger partial charge in [0, 0.05) is 38.2 Å². The Morgan fingerprint density at radius 1 is 1.38 bits per heavy atom. The van der Waals surface area contributed by atoms with E-state index >= 15 is 0 Å². The highest BCUT2D eigenvalue weighted by Gasteiger charge is 2.48. The smallest absolute Gasteiger partial charge is 0.222 e. The van der Waals surface area contributed by atoms with Crippen LogP contribution in [0.4, 0.5) is 0 Å². The van der Waals surface area contributed by atoms with Crippen LogP contribution in [0.2, 0.25) is 0 Å². The summed E-state index contributed by atoms with van der Waals surface area (Å²) in [6, 6.07) is 0. The lowest BCUT2D eigenvalue weighted by molar-refractivity contribution is -0.130. The summed E-state index contributed by atoms with van der Waals surface area (Å²) in [5, 5.41) is 15.3. The van der Waals surface area contributed by atoms with Gasteiger partial charge in [-0.15, -0.1) is 0 Å². The Morgan fingerprint density at radius 3 is 2.75 bits per heavy atom. The van der Waals surface area contributed by atoms with Gasteiger partial charge in [0.15, 0.2) is 0 Å². The average molecular weight is 333 g/mol. The number of hydrogen-bond acceptors (Lipinski definition) is 3. The van der Waals surface area contributed by atoms with Crippen molar-refractivity contribution in [3.8, 4) is 0 Å². The molecule has 0 aromatic carbocycles. The molecule has 1 aliphatic heterocycles. The fraction of sp³-hybridized carbons (Fsp3) is 0.789. The Balaban J connectivity index is 1.62. The molecule has 3 atom stereocenters. The molecule has 1 aromatic heterocycles. The van der Waals surface area contributed by atoms with E-state index in [0.29, 0.717) is 12.3 Å². The zero-order valence-electron chi connectivity index (χ0n) is 15.5. The Kier molecular flexibility index (Phi) is 4.73. The number of aryl methyl sites for hydroxylation is 2. The molecule has 5 nitrogen and oxygen atoms in total. The number of carbonyl (C=O) groups excluding carboxylic acids is 1. The number of hydrogen-bond donors (Lipinski definition) is 1. The molecule has 2 heterocycles. The number of aliphatic hydroxyl groups is 1. The molecule has 5 heteroatoms. The summed E-state index contributed by atoms with van der Waals surface area (Å²) in [6.07, 6.45) is 5.22. The highest BCUT2D eigenvalue weighted by atomic mass is 16.3. The van der Waals surface area contributed by atoms with Gasteiger partial charge in [-0.25, -0.2) is 0 Å². The Labute approximate surface area is 145 Å². The van der Waals surface area contributed by atoms with Gasteiger partial charge in [0.05, 0.1) is 11.3 Å². The minimum absolute atomic E-state index is 0.227. The monoisotopic (exact) mass is 333 g/mol. The second-order valence-corrected chi connectivity index (χ2v) is 7.79. The summed E-state index contributed by atoms with van der Waals surface area (Å²) in [6.45, 7) is 7.71. The van der Waals surface area contributed by atoms with Crippen LogP contribution in [0.15, 0.2) is 0 Å². The normalized spacial score (nSPS) is 29.8. The summed E-state index contributed by atoms with van der Waals surface area (Å²) in [5.74, 6) is 0.974. The number of amides is 1. The first-order valence-corrected chi connectivity index (χ1v) is 9.35. The number of likely N-dealkylation sites (tertiary alicyclic amines) is 1. The van der Waals surface area contributed by atoms with Gasteiger partial charge in [0.25, 0.3) is 0 Å². The summed E-state index contributed by atoms with van der Waals surface area (Å²) in [4.78, 5) is 14.7. The van der Waals surface area contributed by atoms with Crippen molar-refractivity contribution in [2.45, 2.75) is 64.9 Å². The topological polar surface area (TPSA) is 58.4 Å². The number of aromatic nitrogens is 2. The zero-order valence-corrected chi connectivity index (χ0v) is 15.5. The van der Waals surface area contributed by atoms with Crippen molar-refractivity contribution in [2.75, 3.05) is 13.1 Å². The fourth-order valence-corrected chi connectivity index (χ4v) is 4.84. The first kappa shape index (κ1) is 17.5. The Hall–Kier alpha value is -1.36. The molecule has 1 amide bonds. The van der Waals surface area contributed by atoms with Gasteiger partial charge in [0.1, 0.15) is 0 Å². The van der Waals surface area contributed by atoms with Gasteiger partial charge in [-0.1, -0.05) is 13.3 Å². The van der Waals surface area contributed by atoms with E-state index in [1.54, 1.807) is 0 Å². The molecule has 0 spiro atoms. The van der Waals surface area contributed by atoms with Crippen molar-refractivity contribution in [3.63, 3.8) is 0 Å². The van der Waals surface area contributed by atoms with Crippen LogP contribution >= 0.6 is 0 Å². The molecule has 1 aliphatic carbocycles. The van der Waals surface area contributed by atoms with Crippen LogP contribution in [0.25, 0.3) is 0 Å². The van der Waals surface area contributed by atoms with Gasteiger partial charge in [0.2, 0.25) is 5.91 Å². The third-order valence-corrected chi connectivity index (χ3v) is 6.53. The average Bonchev–Trinajstić information content (AvgIpc) is 3.09. The maximum Gasteiger partial charge on any atom is 0.222 e. The highest BCUT2D eigenvalue weighted by molar-refractivity contribution is 5.77. The predicted molar refractivity (Wildman–Crippen MR) is 93.7 cm³/mol. The highest BCUT2D eigenvalue weighted by Crippen LogP contribution is 2.44. The van der Waals surface area contributed by atoms with E-state index in [2.05, 4.69) is 18.9 Å². The van der Waals surface area contributed by atoms with Gasteiger partial charge in [-0.2, -0.15) is 5.10 Å². The van der Waals surface area contributed by atoms with Gasteiger partial charge < -0.3 is 10.0 Å². The van der Waals surface area contributed by atoms with E-state index in [1.807, 2.05) is 23.6 Å². The minimum Gasteiger partial charge on any atom is -0.390 e. The second kappa shape index (κ2) is 6.51. The molecule has 3 rings (SSSR count). The first-order chi connectivity index (χ1) is 11.4. The number of fused-ring (bicyclic) bond motifs is 1. The molecule has 1 N–H and O–H groups in total. The predicted octanol–water partition coefficient (Wildman–Crippen LogP) is 2.37. The summed E-state index contributed by atoms with van der Waals surface area (Å²) < 4.78 is 1.89. The molecular weight excluding hydrogens is 302 g/mol. The van der Waals surface area contributed by atoms with Crippen LogP contribution < -0.4 is 0 Å². The third-order valence-electron chi connectivity index (χ3n) is 6.53. The largest absolute Gasteiger partial charge is 0.390 e. The van der Waals surface area contributed by atoms with Crippen LogP contribution in [0.1, 0.15) is 56.0 Å². The maximum absolute atomic E-state index is 12.7. The quantitative estimate of drug-likeness (QED) is 0.920. The molecule has 0 unspecified atom stereocenters. The number of rotatable bonds is 4. The molecule has 1 aromatic rings. The van der Waals surface area contributed by atoms with E-state index in [0.717, 1.165) is 56.6 Å². The number of nitrogens with zero attached hydrogens (tertiary/aromatic N) is 3. The molecular formula is C19H31N3O2. The second-order valence-electron chi connectivity index (χ2n) is 7.79. The van der Waals surface area contributed by atoms with E-state index in [9.17, 15) is 9.90 Å². The van der Waals surface area contributed by atoms with Crippen molar-refractivity contribution in [2.24, 2.45) is 18.9 Å². The van der Waals surface area contributed by atoms with Crippen LogP contribution in [0.5, 0.6) is 0 Å². The molecule has 2 fully saturated rings. The van der Waals surface area contributed by atoms with Gasteiger partial charge >= 0.3 is 0 Å². The van der Waals surface area contributed by atoms with Crippen molar-refractivity contribution >= 4 is 5.91 Å².